The Kier molecular flexibility index (Phi) is 3.89. The SMILES string of the molecule is Cc1ccc(-c2c(C)ccc3c2Sc2ccccc2[Si]3(C)C)[n+](C)c1. The van der Waals surface area contributed by atoms with Crippen LogP contribution >= 0.6 is 11.8 Å². The largest absolute Gasteiger partial charge is 0.213 e. The van der Waals surface area contributed by atoms with Crippen LogP contribution in [0.25, 0.3) is 11.3 Å². The normalized spacial score (nSPS) is 14.8. The molecule has 3 aromatic rings. The van der Waals surface area contributed by atoms with Crippen molar-refractivity contribution in [2.75, 3.05) is 0 Å². The molecule has 25 heavy (non-hydrogen) atoms. The fourth-order valence-corrected chi connectivity index (χ4v) is 9.55. The molecule has 0 atom stereocenters. The van der Waals surface area contributed by atoms with Crippen LogP contribution in [0.15, 0.2) is 64.5 Å². The minimum atomic E-state index is -1.68. The molecule has 0 N–H and O–H groups in total. The molecule has 3 heteroatoms. The maximum absolute atomic E-state index is 2.48. The highest BCUT2D eigenvalue weighted by atomic mass is 32.2. The van der Waals surface area contributed by atoms with Gasteiger partial charge < -0.3 is 0 Å². The summed E-state index contributed by atoms with van der Waals surface area (Å²) in [5.41, 5.74) is 5.35. The molecule has 0 saturated heterocycles. The summed E-state index contributed by atoms with van der Waals surface area (Å²) in [6, 6.07) is 18.2. The molecule has 126 valence electrons. The van der Waals surface area contributed by atoms with Crippen LogP contribution in [-0.2, 0) is 7.05 Å². The van der Waals surface area contributed by atoms with Gasteiger partial charge in [-0.3, -0.25) is 0 Å². The summed E-state index contributed by atoms with van der Waals surface area (Å²) in [5.74, 6) is 0. The van der Waals surface area contributed by atoms with Gasteiger partial charge in [0.25, 0.3) is 0 Å². The van der Waals surface area contributed by atoms with Crippen LogP contribution in [0.1, 0.15) is 11.1 Å². The van der Waals surface area contributed by atoms with Crippen molar-refractivity contribution in [3.05, 3.63) is 65.9 Å². The number of pyridine rings is 1. The molecule has 1 nitrogen and oxygen atoms in total. The number of nitrogens with zero attached hydrogens (tertiary/aromatic N) is 1. The first-order valence-corrected chi connectivity index (χ1v) is 12.6. The zero-order chi connectivity index (χ0) is 17.8. The lowest BCUT2D eigenvalue weighted by molar-refractivity contribution is -0.660. The third kappa shape index (κ3) is 2.57. The highest BCUT2D eigenvalue weighted by Gasteiger charge is 2.37. The molecular formula is C22H24NSSi+. The van der Waals surface area contributed by atoms with Gasteiger partial charge in [0.15, 0.2) is 6.20 Å². The molecule has 0 aliphatic carbocycles. The quantitative estimate of drug-likeness (QED) is 0.466. The molecule has 1 aliphatic heterocycles. The minimum Gasteiger partial charge on any atom is -0.201 e. The summed E-state index contributed by atoms with van der Waals surface area (Å²) in [6.45, 7) is 9.36. The average molecular weight is 363 g/mol. The zero-order valence-electron chi connectivity index (χ0n) is 15.6. The summed E-state index contributed by atoms with van der Waals surface area (Å²) in [6.07, 6.45) is 2.22. The molecular weight excluding hydrogens is 338 g/mol. The predicted molar refractivity (Wildman–Crippen MR) is 110 cm³/mol. The Labute approximate surface area is 155 Å². The van der Waals surface area contributed by atoms with Crippen molar-refractivity contribution in [2.45, 2.75) is 36.7 Å². The first-order valence-electron chi connectivity index (χ1n) is 8.77. The van der Waals surface area contributed by atoms with Gasteiger partial charge in [-0.1, -0.05) is 55.2 Å². The monoisotopic (exact) mass is 362 g/mol. The summed E-state index contributed by atoms with van der Waals surface area (Å²) >= 11 is 1.95. The van der Waals surface area contributed by atoms with Gasteiger partial charge in [-0.05, 0) is 41.9 Å². The van der Waals surface area contributed by atoms with E-state index < -0.39 is 8.07 Å². The molecule has 4 rings (SSSR count). The predicted octanol–water partition coefficient (Wildman–Crippen LogP) is 4.08. The lowest BCUT2D eigenvalue weighted by Crippen LogP contribution is -2.56. The first kappa shape index (κ1) is 16.6. The van der Waals surface area contributed by atoms with E-state index in [1.54, 1.807) is 10.4 Å². The van der Waals surface area contributed by atoms with E-state index in [0.29, 0.717) is 0 Å². The average Bonchev–Trinajstić information content (AvgIpc) is 2.56. The van der Waals surface area contributed by atoms with Crippen LogP contribution in [0.2, 0.25) is 13.1 Å². The summed E-state index contributed by atoms with van der Waals surface area (Å²) in [5, 5.41) is 3.13. The lowest BCUT2D eigenvalue weighted by atomic mass is 10.0. The molecule has 0 amide bonds. The summed E-state index contributed by atoms with van der Waals surface area (Å²) in [7, 11) is 0.481. The number of fused-ring (bicyclic) bond motifs is 2. The number of rotatable bonds is 1. The molecule has 1 aromatic heterocycles. The Hall–Kier alpha value is -1.84. The maximum atomic E-state index is 2.48. The van der Waals surface area contributed by atoms with Gasteiger partial charge in [0, 0.05) is 21.4 Å². The van der Waals surface area contributed by atoms with E-state index in [-0.39, 0.29) is 0 Å². The molecule has 1 aliphatic rings. The molecule has 0 radical (unpaired) electrons. The topological polar surface area (TPSA) is 3.88 Å². The first-order chi connectivity index (χ1) is 11.9. The van der Waals surface area contributed by atoms with Crippen LogP contribution in [0.3, 0.4) is 0 Å². The van der Waals surface area contributed by atoms with Crippen molar-refractivity contribution in [3.63, 3.8) is 0 Å². The van der Waals surface area contributed by atoms with Gasteiger partial charge in [-0.15, -0.1) is 0 Å². The molecule has 2 heterocycles. The van der Waals surface area contributed by atoms with Gasteiger partial charge in [0.05, 0.1) is 5.56 Å². The van der Waals surface area contributed by atoms with Gasteiger partial charge >= 0.3 is 0 Å². The van der Waals surface area contributed by atoms with E-state index in [1.807, 2.05) is 11.8 Å². The van der Waals surface area contributed by atoms with E-state index in [4.69, 9.17) is 0 Å². The number of hydrogen-bond donors (Lipinski definition) is 0. The molecule has 0 fully saturated rings. The minimum absolute atomic E-state index is 1.29. The fourth-order valence-electron chi connectivity index (χ4n) is 3.93. The van der Waals surface area contributed by atoms with Crippen molar-refractivity contribution in [1.82, 2.24) is 0 Å². The van der Waals surface area contributed by atoms with Crippen molar-refractivity contribution in [1.29, 1.82) is 0 Å². The smallest absolute Gasteiger partial charge is 0.201 e. The number of hydrogen-bond acceptors (Lipinski definition) is 1. The van der Waals surface area contributed by atoms with Crippen molar-refractivity contribution >= 4 is 30.2 Å². The molecule has 0 spiro atoms. The number of aryl methyl sites for hydroxylation is 3. The highest BCUT2D eigenvalue weighted by molar-refractivity contribution is 8.00. The van der Waals surface area contributed by atoms with E-state index in [9.17, 15) is 0 Å². The van der Waals surface area contributed by atoms with Gasteiger partial charge in [0.2, 0.25) is 5.69 Å². The maximum Gasteiger partial charge on any atom is 0.213 e. The molecule has 0 saturated carbocycles. The van der Waals surface area contributed by atoms with E-state index >= 15 is 0 Å². The molecule has 0 unspecified atom stereocenters. The molecule has 2 aromatic carbocycles. The van der Waals surface area contributed by atoms with Gasteiger partial charge in [0.1, 0.15) is 15.1 Å². The van der Waals surface area contributed by atoms with Crippen molar-refractivity contribution < 1.29 is 4.57 Å². The van der Waals surface area contributed by atoms with Crippen LogP contribution in [0.5, 0.6) is 0 Å². The van der Waals surface area contributed by atoms with Gasteiger partial charge in [-0.2, -0.15) is 0 Å². The fraction of sp³-hybridized carbons (Fsp3) is 0.227. The van der Waals surface area contributed by atoms with Crippen molar-refractivity contribution in [3.8, 4) is 11.3 Å². The van der Waals surface area contributed by atoms with E-state index in [1.165, 1.54) is 32.2 Å². The molecule has 0 bridgehead atoms. The Balaban J connectivity index is 2.02. The van der Waals surface area contributed by atoms with E-state index in [0.717, 1.165) is 0 Å². The summed E-state index contributed by atoms with van der Waals surface area (Å²) in [4.78, 5) is 2.91. The Morgan fingerprint density at radius 1 is 0.880 bits per heavy atom. The lowest BCUT2D eigenvalue weighted by Gasteiger charge is -2.34. The zero-order valence-corrected chi connectivity index (χ0v) is 17.4. The second-order valence-corrected chi connectivity index (χ2v) is 12.9. The summed E-state index contributed by atoms with van der Waals surface area (Å²) < 4.78 is 2.27. The second kappa shape index (κ2) is 5.86. The second-order valence-electron chi connectivity index (χ2n) is 7.56. The Morgan fingerprint density at radius 2 is 1.64 bits per heavy atom. The number of aromatic nitrogens is 1. The standard InChI is InChI=1S/C22H24NSSi/c1-15-10-12-17(23(3)14-15)21-16(2)11-13-20-22(21)24-18-8-6-7-9-19(18)25(20,4)5/h6-14H,1-5H3/q+1. The Morgan fingerprint density at radius 3 is 2.40 bits per heavy atom. The Bertz CT molecular complexity index is 991. The number of benzene rings is 2. The van der Waals surface area contributed by atoms with Crippen LogP contribution in [-0.4, -0.2) is 8.07 Å². The van der Waals surface area contributed by atoms with E-state index in [2.05, 4.69) is 93.3 Å². The third-order valence-corrected chi connectivity index (χ3v) is 10.5. The van der Waals surface area contributed by atoms with Crippen LogP contribution < -0.4 is 14.9 Å². The third-order valence-electron chi connectivity index (χ3n) is 5.35. The van der Waals surface area contributed by atoms with Gasteiger partial charge in [-0.25, -0.2) is 4.57 Å². The van der Waals surface area contributed by atoms with Crippen LogP contribution in [0.4, 0.5) is 0 Å². The van der Waals surface area contributed by atoms with Crippen LogP contribution in [0, 0.1) is 13.8 Å². The highest BCUT2D eigenvalue weighted by Crippen LogP contribution is 2.39. The van der Waals surface area contributed by atoms with Crippen molar-refractivity contribution in [2.24, 2.45) is 7.05 Å².